The summed E-state index contributed by atoms with van der Waals surface area (Å²) in [6, 6.07) is 20.3. The van der Waals surface area contributed by atoms with Crippen LogP contribution in [0.4, 0.5) is 11.7 Å². The first-order valence-electron chi connectivity index (χ1n) is 7.72. The Bertz CT molecular complexity index is 853. The van der Waals surface area contributed by atoms with Gasteiger partial charge < -0.3 is 4.42 Å². The van der Waals surface area contributed by atoms with Crippen LogP contribution in [0.5, 0.6) is 0 Å². The number of amidine groups is 1. The van der Waals surface area contributed by atoms with Crippen LogP contribution in [0.15, 0.2) is 70.2 Å². The van der Waals surface area contributed by atoms with Crippen LogP contribution in [0.25, 0.3) is 0 Å². The average Bonchev–Trinajstić information content (AvgIpc) is 3.21. The molecule has 1 aliphatic heterocycles. The van der Waals surface area contributed by atoms with E-state index in [1.54, 1.807) is 10.2 Å². The lowest BCUT2D eigenvalue weighted by Crippen LogP contribution is -2.45. The van der Waals surface area contributed by atoms with E-state index in [0.717, 1.165) is 28.5 Å². The van der Waals surface area contributed by atoms with Crippen molar-refractivity contribution in [3.05, 3.63) is 77.7 Å². The fourth-order valence-corrected chi connectivity index (χ4v) is 2.44. The summed E-state index contributed by atoms with van der Waals surface area (Å²) in [5.41, 5.74) is 6.01. The molecule has 2 aromatic carbocycles. The molecule has 0 amide bonds. The Morgan fingerprint density at radius 2 is 1.58 bits per heavy atom. The summed E-state index contributed by atoms with van der Waals surface area (Å²) in [6.45, 7) is 3.82. The fraction of sp³-hybridized carbons (Fsp3) is 0.111. The number of nitrogens with zero attached hydrogens (tertiary/aromatic N) is 4. The van der Waals surface area contributed by atoms with Crippen molar-refractivity contribution in [1.29, 1.82) is 0 Å². The van der Waals surface area contributed by atoms with E-state index >= 15 is 0 Å². The van der Waals surface area contributed by atoms with Crippen molar-refractivity contribution in [2.24, 2.45) is 5.10 Å². The molecule has 0 spiro atoms. The summed E-state index contributed by atoms with van der Waals surface area (Å²) >= 11 is 0. The Hall–Kier alpha value is -3.28. The van der Waals surface area contributed by atoms with E-state index in [1.807, 2.05) is 74.5 Å². The standard InChI is InChI=1S/C18H17N5O/c1-13-14(2)24-18(19-13)23-21-17(15-9-5-3-6-10-15)20-22(23)16-11-7-4-8-12-16/h3-12H,1-2H3,(H,20,21). The van der Waals surface area contributed by atoms with Crippen LogP contribution in [0.1, 0.15) is 17.0 Å². The molecule has 4 rings (SSSR count). The average molecular weight is 319 g/mol. The molecule has 0 unspecified atom stereocenters. The van der Waals surface area contributed by atoms with Gasteiger partial charge in [0.15, 0.2) is 5.84 Å². The zero-order valence-corrected chi connectivity index (χ0v) is 13.5. The lowest BCUT2D eigenvalue weighted by molar-refractivity contribution is 0.500. The van der Waals surface area contributed by atoms with Gasteiger partial charge in [0.05, 0.1) is 11.4 Å². The molecule has 1 aromatic heterocycles. The summed E-state index contributed by atoms with van der Waals surface area (Å²) in [7, 11) is 0. The van der Waals surface area contributed by atoms with Gasteiger partial charge in [0, 0.05) is 5.56 Å². The van der Waals surface area contributed by atoms with Gasteiger partial charge in [0.2, 0.25) is 0 Å². The summed E-state index contributed by atoms with van der Waals surface area (Å²) in [4.78, 5) is 4.48. The molecule has 1 N–H and O–H groups in total. The number of hydrogen-bond acceptors (Lipinski definition) is 6. The molecule has 0 saturated heterocycles. The van der Waals surface area contributed by atoms with Gasteiger partial charge in [0.25, 0.3) is 0 Å². The zero-order valence-electron chi connectivity index (χ0n) is 13.5. The molecule has 6 nitrogen and oxygen atoms in total. The zero-order chi connectivity index (χ0) is 16.5. The van der Waals surface area contributed by atoms with Gasteiger partial charge in [-0.1, -0.05) is 48.5 Å². The number of hydrogen-bond donors (Lipinski definition) is 1. The number of aryl methyl sites for hydroxylation is 2. The first-order valence-corrected chi connectivity index (χ1v) is 7.72. The molecule has 0 fully saturated rings. The monoisotopic (exact) mass is 319 g/mol. The van der Waals surface area contributed by atoms with Crippen LogP contribution >= 0.6 is 0 Å². The van der Waals surface area contributed by atoms with Gasteiger partial charge >= 0.3 is 6.01 Å². The lowest BCUT2D eigenvalue weighted by atomic mass is 10.2. The van der Waals surface area contributed by atoms with Crippen molar-refractivity contribution in [2.75, 3.05) is 10.2 Å². The highest BCUT2D eigenvalue weighted by Gasteiger charge is 2.30. The second kappa shape index (κ2) is 5.73. The molecular weight excluding hydrogens is 302 g/mol. The molecule has 2 heterocycles. The highest BCUT2D eigenvalue weighted by atomic mass is 16.4. The second-order valence-electron chi connectivity index (χ2n) is 5.50. The van der Waals surface area contributed by atoms with Crippen LogP contribution in [-0.2, 0) is 0 Å². The SMILES string of the molecule is Cc1nc(N2NC(c3ccccc3)=NN2c2ccccc2)oc1C. The topological polar surface area (TPSA) is 56.9 Å². The van der Waals surface area contributed by atoms with Crippen molar-refractivity contribution < 1.29 is 4.42 Å². The minimum absolute atomic E-state index is 0.448. The van der Waals surface area contributed by atoms with E-state index in [9.17, 15) is 0 Å². The molecule has 120 valence electrons. The van der Waals surface area contributed by atoms with Gasteiger partial charge in [-0.25, -0.2) is 0 Å². The van der Waals surface area contributed by atoms with Crippen LogP contribution in [0, 0.1) is 13.8 Å². The second-order valence-corrected chi connectivity index (χ2v) is 5.50. The molecule has 0 saturated carbocycles. The van der Waals surface area contributed by atoms with Crippen molar-refractivity contribution >= 4 is 17.5 Å². The van der Waals surface area contributed by atoms with E-state index in [-0.39, 0.29) is 0 Å². The summed E-state index contributed by atoms with van der Waals surface area (Å²) < 4.78 is 5.77. The first kappa shape index (κ1) is 14.3. The highest BCUT2D eigenvalue weighted by Crippen LogP contribution is 2.26. The number of hydrazine groups is 2. The molecule has 6 heteroatoms. The fourth-order valence-electron chi connectivity index (χ4n) is 2.44. The summed E-state index contributed by atoms with van der Waals surface area (Å²) in [6.07, 6.45) is 0. The number of hydrazone groups is 1. The minimum atomic E-state index is 0.448. The molecule has 1 aliphatic rings. The smallest absolute Gasteiger partial charge is 0.339 e. The molecule has 3 aromatic rings. The lowest BCUT2D eigenvalue weighted by Gasteiger charge is -2.24. The Morgan fingerprint density at radius 3 is 2.21 bits per heavy atom. The number of para-hydroxylation sites is 1. The Kier molecular flexibility index (Phi) is 3.42. The number of benzene rings is 2. The summed E-state index contributed by atoms with van der Waals surface area (Å²) in [5, 5.41) is 8.14. The predicted molar refractivity (Wildman–Crippen MR) is 93.5 cm³/mol. The largest absolute Gasteiger partial charge is 0.426 e. The maximum Gasteiger partial charge on any atom is 0.339 e. The number of rotatable bonds is 3. The van der Waals surface area contributed by atoms with E-state index in [1.165, 1.54) is 0 Å². The van der Waals surface area contributed by atoms with Crippen LogP contribution < -0.4 is 15.7 Å². The molecule has 0 aliphatic carbocycles. The van der Waals surface area contributed by atoms with Crippen LogP contribution in [0.3, 0.4) is 0 Å². The van der Waals surface area contributed by atoms with Gasteiger partial charge in [-0.3, -0.25) is 5.43 Å². The van der Waals surface area contributed by atoms with Crippen molar-refractivity contribution in [3.8, 4) is 0 Å². The molecule has 0 atom stereocenters. The van der Waals surface area contributed by atoms with Gasteiger partial charge in [-0.15, -0.1) is 15.3 Å². The van der Waals surface area contributed by atoms with Gasteiger partial charge in [-0.2, -0.15) is 4.98 Å². The van der Waals surface area contributed by atoms with Crippen molar-refractivity contribution in [2.45, 2.75) is 13.8 Å². The molecule has 0 radical (unpaired) electrons. The van der Waals surface area contributed by atoms with E-state index < -0.39 is 0 Å². The number of anilines is 2. The first-order chi connectivity index (χ1) is 11.7. The quantitative estimate of drug-likeness (QED) is 0.802. The summed E-state index contributed by atoms with van der Waals surface area (Å²) in [5.74, 6) is 1.51. The van der Waals surface area contributed by atoms with Crippen LogP contribution in [0.2, 0.25) is 0 Å². The third-order valence-electron chi connectivity index (χ3n) is 3.83. The maximum absolute atomic E-state index is 5.77. The number of aromatic nitrogens is 1. The van der Waals surface area contributed by atoms with E-state index in [2.05, 4.69) is 10.4 Å². The normalized spacial score (nSPS) is 13.8. The third-order valence-corrected chi connectivity index (χ3v) is 3.83. The minimum Gasteiger partial charge on any atom is -0.426 e. The Morgan fingerprint density at radius 1 is 0.917 bits per heavy atom. The van der Waals surface area contributed by atoms with Gasteiger partial charge in [0.1, 0.15) is 5.76 Å². The molecule has 0 bridgehead atoms. The van der Waals surface area contributed by atoms with E-state index in [0.29, 0.717) is 6.01 Å². The number of oxazole rings is 1. The molecule has 24 heavy (non-hydrogen) atoms. The Balaban J connectivity index is 1.76. The Labute approximate surface area is 140 Å². The van der Waals surface area contributed by atoms with Crippen LogP contribution in [-0.4, -0.2) is 10.8 Å². The predicted octanol–water partition coefficient (Wildman–Crippen LogP) is 3.40. The van der Waals surface area contributed by atoms with Crippen molar-refractivity contribution in [1.82, 2.24) is 10.4 Å². The van der Waals surface area contributed by atoms with E-state index in [4.69, 9.17) is 9.52 Å². The number of nitrogens with one attached hydrogen (secondary N) is 1. The third kappa shape index (κ3) is 2.48. The molecular formula is C18H17N5O. The van der Waals surface area contributed by atoms with Crippen molar-refractivity contribution in [3.63, 3.8) is 0 Å². The highest BCUT2D eigenvalue weighted by molar-refractivity contribution is 6.01. The maximum atomic E-state index is 5.77. The van der Waals surface area contributed by atoms with Gasteiger partial charge in [-0.05, 0) is 26.0 Å².